The highest BCUT2D eigenvalue weighted by Gasteiger charge is 2.32. The molecule has 4 amide bonds. The molecule has 11 N–H and O–H groups in total. The Hall–Kier alpha value is -5.25. The van der Waals surface area contributed by atoms with Crippen LogP contribution >= 0.6 is 0 Å². The van der Waals surface area contributed by atoms with Crippen molar-refractivity contribution in [1.29, 1.82) is 0 Å². The molecule has 16 nitrogen and oxygen atoms in total. The second kappa shape index (κ2) is 14.2. The minimum absolute atomic E-state index is 0.0367. The Balaban J connectivity index is 1.73. The molecule has 0 aliphatic carbocycles. The lowest BCUT2D eigenvalue weighted by atomic mass is 10.0. The van der Waals surface area contributed by atoms with Gasteiger partial charge in [0.2, 0.25) is 23.6 Å². The van der Waals surface area contributed by atoms with Gasteiger partial charge in [-0.2, -0.15) is 0 Å². The van der Waals surface area contributed by atoms with Crippen molar-refractivity contribution < 1.29 is 34.2 Å². The summed E-state index contributed by atoms with van der Waals surface area (Å²) in [5, 5.41) is 26.3. The van der Waals surface area contributed by atoms with Crippen LogP contribution < -0.4 is 27.4 Å². The number of benzene rings is 1. The fraction of sp³-hybridized carbons (Fsp3) is 0.320. The Morgan fingerprint density at radius 2 is 1.29 bits per heavy atom. The van der Waals surface area contributed by atoms with E-state index < -0.39 is 60.2 Å². The summed E-state index contributed by atoms with van der Waals surface area (Å²) in [7, 11) is 0. The maximum atomic E-state index is 13.2. The number of aromatic hydroxyl groups is 1. The van der Waals surface area contributed by atoms with E-state index in [4.69, 9.17) is 11.5 Å². The Morgan fingerprint density at radius 1 is 0.780 bits per heavy atom. The van der Waals surface area contributed by atoms with Gasteiger partial charge in [-0.3, -0.25) is 19.2 Å². The molecular weight excluding hydrogens is 538 g/mol. The maximum absolute atomic E-state index is 13.2. The van der Waals surface area contributed by atoms with Crippen molar-refractivity contribution in [1.82, 2.24) is 35.9 Å². The summed E-state index contributed by atoms with van der Waals surface area (Å²) >= 11 is 0. The van der Waals surface area contributed by atoms with Crippen molar-refractivity contribution in [2.75, 3.05) is 0 Å². The van der Waals surface area contributed by atoms with Gasteiger partial charge in [-0.15, -0.1) is 0 Å². The van der Waals surface area contributed by atoms with Gasteiger partial charge < -0.3 is 47.6 Å². The molecule has 3 rings (SSSR count). The average molecular weight is 570 g/mol. The standard InChI is InChI=1S/C25H31N9O7/c26-17(5-13-1-3-16(35)4-2-13)22(37)32-19(8-21(27)36)24(39)33-18(6-14-9-28-11-30-14)23(38)34-20(25(40)41)7-15-10-29-12-31-15/h1-4,9-12,17-20,35H,5-8,26H2,(H2,27,36)(H,28,30)(H,29,31)(H,32,37)(H,33,39)(H,34,38)(H,40,41). The molecule has 4 unspecified atom stereocenters. The molecule has 2 heterocycles. The van der Waals surface area contributed by atoms with E-state index in [0.717, 1.165) is 0 Å². The maximum Gasteiger partial charge on any atom is 0.326 e. The van der Waals surface area contributed by atoms with Crippen molar-refractivity contribution in [2.24, 2.45) is 11.5 Å². The number of amides is 4. The molecule has 0 saturated carbocycles. The van der Waals surface area contributed by atoms with Crippen LogP contribution in [0.3, 0.4) is 0 Å². The number of carboxylic acid groups (broad SMARTS) is 1. The zero-order valence-corrected chi connectivity index (χ0v) is 21.7. The zero-order chi connectivity index (χ0) is 29.9. The van der Waals surface area contributed by atoms with E-state index in [-0.39, 0.29) is 25.0 Å². The molecule has 2 aromatic heterocycles. The molecule has 1 aromatic carbocycles. The van der Waals surface area contributed by atoms with Crippen LogP contribution in [0.1, 0.15) is 23.4 Å². The second-order valence-electron chi connectivity index (χ2n) is 9.23. The molecule has 3 aromatic rings. The molecular formula is C25H31N9O7. The first-order valence-electron chi connectivity index (χ1n) is 12.4. The van der Waals surface area contributed by atoms with Gasteiger partial charge in [-0.25, -0.2) is 14.8 Å². The number of aromatic amines is 2. The topological polar surface area (TPSA) is 271 Å². The Bertz CT molecular complexity index is 1330. The smallest absolute Gasteiger partial charge is 0.326 e. The number of imidazole rings is 2. The summed E-state index contributed by atoms with van der Waals surface area (Å²) in [6.07, 6.45) is 4.79. The molecule has 0 radical (unpaired) electrons. The molecule has 0 bridgehead atoms. The quantitative estimate of drug-likeness (QED) is 0.0936. The summed E-state index contributed by atoms with van der Waals surface area (Å²) in [5.41, 5.74) is 12.8. The largest absolute Gasteiger partial charge is 0.508 e. The number of rotatable bonds is 15. The van der Waals surface area contributed by atoms with Crippen molar-refractivity contribution in [3.05, 3.63) is 66.3 Å². The van der Waals surface area contributed by atoms with E-state index in [1.807, 2.05) is 0 Å². The van der Waals surface area contributed by atoms with Crippen LogP contribution in [-0.4, -0.2) is 83.9 Å². The van der Waals surface area contributed by atoms with Crippen molar-refractivity contribution in [2.45, 2.75) is 49.9 Å². The van der Waals surface area contributed by atoms with Gasteiger partial charge in [-0.05, 0) is 24.1 Å². The molecule has 4 atom stereocenters. The van der Waals surface area contributed by atoms with Crippen LogP contribution in [0.5, 0.6) is 5.75 Å². The van der Waals surface area contributed by atoms with Crippen LogP contribution in [0.25, 0.3) is 0 Å². The van der Waals surface area contributed by atoms with Crippen LogP contribution in [-0.2, 0) is 43.2 Å². The fourth-order valence-corrected chi connectivity index (χ4v) is 3.85. The minimum Gasteiger partial charge on any atom is -0.508 e. The highest BCUT2D eigenvalue weighted by Crippen LogP contribution is 2.11. The van der Waals surface area contributed by atoms with Gasteiger partial charge in [0.25, 0.3) is 0 Å². The summed E-state index contributed by atoms with van der Waals surface area (Å²) in [4.78, 5) is 75.9. The SMILES string of the molecule is NC(=O)CC(NC(=O)C(N)Cc1ccc(O)cc1)C(=O)NC(Cc1cnc[nH]1)C(=O)NC(Cc1cnc[nH]1)C(=O)O. The first-order valence-corrected chi connectivity index (χ1v) is 12.4. The number of carbonyl (C=O) groups excluding carboxylic acids is 4. The van der Waals surface area contributed by atoms with E-state index in [1.54, 1.807) is 12.1 Å². The third-order valence-corrected chi connectivity index (χ3v) is 5.97. The monoisotopic (exact) mass is 569 g/mol. The molecule has 0 spiro atoms. The number of H-pyrrole nitrogens is 2. The van der Waals surface area contributed by atoms with Crippen LogP contribution in [0.15, 0.2) is 49.3 Å². The summed E-state index contributed by atoms with van der Waals surface area (Å²) < 4.78 is 0. The summed E-state index contributed by atoms with van der Waals surface area (Å²) in [6.45, 7) is 0. The van der Waals surface area contributed by atoms with Gasteiger partial charge in [0, 0.05) is 36.6 Å². The van der Waals surface area contributed by atoms with Gasteiger partial charge in [-0.1, -0.05) is 12.1 Å². The number of primary amides is 1. The van der Waals surface area contributed by atoms with Crippen molar-refractivity contribution in [3.8, 4) is 5.75 Å². The lowest BCUT2D eigenvalue weighted by molar-refractivity contribution is -0.142. The minimum atomic E-state index is -1.48. The number of hydrogen-bond acceptors (Lipinski definition) is 9. The number of nitrogens with two attached hydrogens (primary N) is 2. The lowest BCUT2D eigenvalue weighted by Gasteiger charge is -2.24. The number of carbonyl (C=O) groups is 5. The number of nitrogens with one attached hydrogen (secondary N) is 5. The number of nitrogens with zero attached hydrogens (tertiary/aromatic N) is 2. The highest BCUT2D eigenvalue weighted by molar-refractivity contribution is 5.96. The van der Waals surface area contributed by atoms with E-state index in [0.29, 0.717) is 17.0 Å². The number of carboxylic acids is 1. The number of aromatic nitrogens is 4. The Morgan fingerprint density at radius 3 is 1.80 bits per heavy atom. The molecule has 0 fully saturated rings. The van der Waals surface area contributed by atoms with Crippen molar-refractivity contribution in [3.63, 3.8) is 0 Å². The van der Waals surface area contributed by atoms with E-state index >= 15 is 0 Å². The second-order valence-corrected chi connectivity index (χ2v) is 9.23. The van der Waals surface area contributed by atoms with Gasteiger partial charge in [0.15, 0.2) is 0 Å². The van der Waals surface area contributed by atoms with E-state index in [1.165, 1.54) is 37.2 Å². The number of aliphatic carboxylic acids is 1. The molecule has 16 heteroatoms. The van der Waals surface area contributed by atoms with Crippen molar-refractivity contribution >= 4 is 29.6 Å². The normalized spacial score (nSPS) is 13.8. The van der Waals surface area contributed by atoms with Gasteiger partial charge in [0.05, 0.1) is 25.1 Å². The van der Waals surface area contributed by atoms with Crippen LogP contribution in [0.2, 0.25) is 0 Å². The molecule has 0 aliphatic heterocycles. The summed E-state index contributed by atoms with van der Waals surface area (Å²) in [5.74, 6) is -4.71. The molecule has 0 aliphatic rings. The average Bonchev–Trinajstić information content (AvgIpc) is 3.63. The zero-order valence-electron chi connectivity index (χ0n) is 21.7. The first-order chi connectivity index (χ1) is 19.5. The van der Waals surface area contributed by atoms with Crippen LogP contribution in [0, 0.1) is 0 Å². The fourth-order valence-electron chi connectivity index (χ4n) is 3.85. The van der Waals surface area contributed by atoms with Gasteiger partial charge in [0.1, 0.15) is 23.9 Å². The predicted octanol–water partition coefficient (Wildman–Crippen LogP) is -2.39. The molecule has 41 heavy (non-hydrogen) atoms. The van der Waals surface area contributed by atoms with Crippen LogP contribution in [0.4, 0.5) is 0 Å². The Kier molecular flexibility index (Phi) is 10.5. The first kappa shape index (κ1) is 30.3. The van der Waals surface area contributed by atoms with E-state index in [9.17, 15) is 34.2 Å². The molecule has 0 saturated heterocycles. The predicted molar refractivity (Wildman–Crippen MR) is 142 cm³/mol. The lowest BCUT2D eigenvalue weighted by Crippen LogP contribution is -2.58. The number of hydrogen-bond donors (Lipinski definition) is 9. The molecule has 218 valence electrons. The van der Waals surface area contributed by atoms with E-state index in [2.05, 4.69) is 35.9 Å². The third-order valence-electron chi connectivity index (χ3n) is 5.97. The van der Waals surface area contributed by atoms with Gasteiger partial charge >= 0.3 is 5.97 Å². The number of phenols is 1. The third kappa shape index (κ3) is 9.47. The summed E-state index contributed by atoms with van der Waals surface area (Å²) in [6, 6.07) is 0.717. The Labute approximate surface area is 233 Å². The highest BCUT2D eigenvalue weighted by atomic mass is 16.4. The number of phenolic OH excluding ortho intramolecular Hbond substituents is 1.